The summed E-state index contributed by atoms with van der Waals surface area (Å²) in [5.41, 5.74) is 6.66. The summed E-state index contributed by atoms with van der Waals surface area (Å²) in [5.74, 6) is 1.59. The van der Waals surface area contributed by atoms with Crippen molar-refractivity contribution in [2.75, 3.05) is 28.7 Å². The molecule has 0 amide bonds. The molecule has 0 unspecified atom stereocenters. The van der Waals surface area contributed by atoms with E-state index in [1.165, 1.54) is 23.4 Å². The summed E-state index contributed by atoms with van der Waals surface area (Å²) in [4.78, 5) is 16.0. The highest BCUT2D eigenvalue weighted by Crippen LogP contribution is 2.26. The molecule has 2 heterocycles. The van der Waals surface area contributed by atoms with Gasteiger partial charge >= 0.3 is 0 Å². The van der Waals surface area contributed by atoms with E-state index in [0.717, 1.165) is 38.0 Å². The molecule has 0 radical (unpaired) electrons. The van der Waals surface area contributed by atoms with Crippen LogP contribution in [0.3, 0.4) is 0 Å². The van der Waals surface area contributed by atoms with E-state index in [1.807, 2.05) is 31.2 Å². The summed E-state index contributed by atoms with van der Waals surface area (Å²) in [5, 5.41) is 7.43. The van der Waals surface area contributed by atoms with Gasteiger partial charge in [0.15, 0.2) is 0 Å². The van der Waals surface area contributed by atoms with Crippen molar-refractivity contribution in [3.8, 4) is 0 Å². The van der Waals surface area contributed by atoms with Gasteiger partial charge in [0.05, 0.1) is 6.21 Å². The molecule has 0 spiro atoms. The summed E-state index contributed by atoms with van der Waals surface area (Å²) >= 11 is 0. The second kappa shape index (κ2) is 13.0. The number of rotatable bonds is 8. The topological polar surface area (TPSA) is 78.3 Å². The Balaban J connectivity index is 0.00000336. The van der Waals surface area contributed by atoms with E-state index in [2.05, 4.69) is 61.0 Å². The number of aryl methyl sites for hydroxylation is 1. The third kappa shape index (κ3) is 7.26. The Morgan fingerprint density at radius 2 is 1.58 bits per heavy atom. The van der Waals surface area contributed by atoms with Crippen molar-refractivity contribution in [3.05, 3.63) is 101 Å². The van der Waals surface area contributed by atoms with Crippen LogP contribution in [0.4, 0.5) is 27.9 Å². The van der Waals surface area contributed by atoms with Gasteiger partial charge in [0.25, 0.3) is 0 Å². The van der Waals surface area contributed by atoms with Crippen LogP contribution in [0.2, 0.25) is 0 Å². The molecule has 38 heavy (non-hydrogen) atoms. The van der Waals surface area contributed by atoms with E-state index in [0.29, 0.717) is 29.3 Å². The van der Waals surface area contributed by atoms with Gasteiger partial charge in [-0.2, -0.15) is 20.1 Å². The molecule has 196 valence electrons. The molecule has 0 saturated carbocycles. The van der Waals surface area contributed by atoms with E-state index in [4.69, 9.17) is 4.98 Å². The van der Waals surface area contributed by atoms with Crippen molar-refractivity contribution in [2.45, 2.75) is 26.2 Å². The average Bonchev–Trinajstić information content (AvgIpc) is 2.92. The standard InChI is InChI=1S/C29H30FN7.ClH/c1-21-11-13-25(14-12-21)32-27-33-28(36-31-20-24-9-5-6-10-26(24)30)35-29(34-27)37-17-15-23(16-18-37)19-22-7-3-2-4-8-22;/h2-14,20,23H,15-19H2,1H3,(H2,32,33,34,35,36);1H/b31-20-;. The van der Waals surface area contributed by atoms with Gasteiger partial charge in [-0.1, -0.05) is 66.2 Å². The van der Waals surface area contributed by atoms with Gasteiger partial charge in [0.1, 0.15) is 5.82 Å². The van der Waals surface area contributed by atoms with Crippen molar-refractivity contribution in [1.29, 1.82) is 0 Å². The quantitative estimate of drug-likeness (QED) is 0.203. The number of halogens is 2. The Kier molecular flexibility index (Phi) is 9.21. The summed E-state index contributed by atoms with van der Waals surface area (Å²) in [6.07, 6.45) is 4.63. The van der Waals surface area contributed by atoms with Crippen LogP contribution in [0.1, 0.15) is 29.5 Å². The zero-order valence-corrected chi connectivity index (χ0v) is 22.0. The van der Waals surface area contributed by atoms with Gasteiger partial charge in [-0.25, -0.2) is 9.82 Å². The van der Waals surface area contributed by atoms with Crippen molar-refractivity contribution >= 4 is 42.2 Å². The minimum Gasteiger partial charge on any atom is -0.341 e. The number of benzene rings is 3. The zero-order valence-electron chi connectivity index (χ0n) is 21.2. The average molecular weight is 532 g/mol. The van der Waals surface area contributed by atoms with E-state index in [1.54, 1.807) is 18.2 Å². The van der Waals surface area contributed by atoms with Gasteiger partial charge < -0.3 is 10.2 Å². The monoisotopic (exact) mass is 531 g/mol. The smallest absolute Gasteiger partial charge is 0.250 e. The van der Waals surface area contributed by atoms with Crippen molar-refractivity contribution in [3.63, 3.8) is 0 Å². The van der Waals surface area contributed by atoms with Gasteiger partial charge in [-0.3, -0.25) is 0 Å². The third-order valence-corrected chi connectivity index (χ3v) is 6.47. The maximum atomic E-state index is 13.9. The fourth-order valence-electron chi connectivity index (χ4n) is 4.40. The molecule has 4 aromatic rings. The normalized spacial score (nSPS) is 13.8. The first-order chi connectivity index (χ1) is 18.1. The molecule has 3 aromatic carbocycles. The first kappa shape index (κ1) is 27.0. The van der Waals surface area contributed by atoms with Crippen LogP contribution in [-0.2, 0) is 6.42 Å². The SMILES string of the molecule is Cc1ccc(Nc2nc(N/N=C\c3ccccc3F)nc(N3CCC(Cc4ccccc4)CC3)n2)cc1.Cl. The number of hydrazone groups is 1. The third-order valence-electron chi connectivity index (χ3n) is 6.47. The minimum absolute atomic E-state index is 0. The number of aromatic nitrogens is 3. The second-order valence-corrected chi connectivity index (χ2v) is 9.29. The lowest BCUT2D eigenvalue weighted by Gasteiger charge is -2.32. The molecular weight excluding hydrogens is 501 g/mol. The van der Waals surface area contributed by atoms with Gasteiger partial charge in [0, 0.05) is 24.3 Å². The number of nitrogens with zero attached hydrogens (tertiary/aromatic N) is 5. The number of piperidine rings is 1. The molecule has 0 atom stereocenters. The van der Waals surface area contributed by atoms with Crippen LogP contribution in [0.25, 0.3) is 0 Å². The fraction of sp³-hybridized carbons (Fsp3) is 0.241. The first-order valence-electron chi connectivity index (χ1n) is 12.5. The van der Waals surface area contributed by atoms with Crippen LogP contribution in [0.5, 0.6) is 0 Å². The predicted octanol–water partition coefficient (Wildman–Crippen LogP) is 6.39. The number of hydrogen-bond donors (Lipinski definition) is 2. The Bertz CT molecular complexity index is 1340. The Labute approximate surface area is 228 Å². The van der Waals surface area contributed by atoms with Crippen LogP contribution >= 0.6 is 12.4 Å². The molecule has 7 nitrogen and oxygen atoms in total. The zero-order chi connectivity index (χ0) is 25.5. The lowest BCUT2D eigenvalue weighted by atomic mass is 9.90. The highest BCUT2D eigenvalue weighted by atomic mass is 35.5. The molecule has 0 aliphatic carbocycles. The first-order valence-corrected chi connectivity index (χ1v) is 12.5. The largest absolute Gasteiger partial charge is 0.341 e. The lowest BCUT2D eigenvalue weighted by molar-refractivity contribution is 0.400. The molecule has 5 rings (SSSR count). The van der Waals surface area contributed by atoms with Crippen molar-refractivity contribution in [2.24, 2.45) is 11.0 Å². The number of hydrogen-bond acceptors (Lipinski definition) is 7. The molecule has 2 N–H and O–H groups in total. The molecule has 9 heteroatoms. The molecule has 1 saturated heterocycles. The molecule has 0 bridgehead atoms. The minimum atomic E-state index is -0.343. The highest BCUT2D eigenvalue weighted by Gasteiger charge is 2.22. The molecule has 1 aromatic heterocycles. The molecular formula is C29H31ClFN7. The fourth-order valence-corrected chi connectivity index (χ4v) is 4.40. The van der Waals surface area contributed by atoms with Crippen LogP contribution in [-0.4, -0.2) is 34.3 Å². The summed E-state index contributed by atoms with van der Waals surface area (Å²) in [6, 6.07) is 25.1. The Morgan fingerprint density at radius 3 is 2.32 bits per heavy atom. The highest BCUT2D eigenvalue weighted by molar-refractivity contribution is 5.85. The van der Waals surface area contributed by atoms with Crippen LogP contribution in [0.15, 0.2) is 84.0 Å². The van der Waals surface area contributed by atoms with E-state index in [-0.39, 0.29) is 18.2 Å². The Hall–Kier alpha value is -4.04. The maximum Gasteiger partial charge on any atom is 0.250 e. The van der Waals surface area contributed by atoms with Crippen molar-refractivity contribution < 1.29 is 4.39 Å². The predicted molar refractivity (Wildman–Crippen MR) is 154 cm³/mol. The van der Waals surface area contributed by atoms with Crippen molar-refractivity contribution in [1.82, 2.24) is 15.0 Å². The molecule has 1 aliphatic heterocycles. The molecule has 1 aliphatic rings. The lowest BCUT2D eigenvalue weighted by Crippen LogP contribution is -2.35. The number of anilines is 4. The van der Waals surface area contributed by atoms with Gasteiger partial charge in [-0.05, 0) is 55.9 Å². The van der Waals surface area contributed by atoms with E-state index in [9.17, 15) is 4.39 Å². The van der Waals surface area contributed by atoms with E-state index >= 15 is 0 Å². The van der Waals surface area contributed by atoms with Gasteiger partial charge in [0.2, 0.25) is 17.8 Å². The van der Waals surface area contributed by atoms with E-state index < -0.39 is 0 Å². The van der Waals surface area contributed by atoms with Crippen LogP contribution < -0.4 is 15.6 Å². The summed E-state index contributed by atoms with van der Waals surface area (Å²) in [6.45, 7) is 3.77. The Morgan fingerprint density at radius 1 is 0.895 bits per heavy atom. The maximum absolute atomic E-state index is 13.9. The van der Waals surface area contributed by atoms with Crippen LogP contribution in [0, 0.1) is 18.7 Å². The second-order valence-electron chi connectivity index (χ2n) is 9.29. The summed E-state index contributed by atoms with van der Waals surface area (Å²) < 4.78 is 13.9. The summed E-state index contributed by atoms with van der Waals surface area (Å²) in [7, 11) is 0. The van der Waals surface area contributed by atoms with Gasteiger partial charge in [-0.15, -0.1) is 12.4 Å². The molecule has 1 fully saturated rings. The number of nitrogens with one attached hydrogen (secondary N) is 2.